The Morgan fingerprint density at radius 2 is 1.92 bits per heavy atom. The molecule has 0 aliphatic carbocycles. The van der Waals surface area contributed by atoms with E-state index in [-0.39, 0.29) is 30.8 Å². The number of anilines is 2. The van der Waals surface area contributed by atoms with E-state index in [1.54, 1.807) is 13.0 Å². The number of hydrogen-bond donors (Lipinski definition) is 3. The number of alkyl halides is 3. The number of aromatic nitrogens is 3. The zero-order valence-corrected chi connectivity index (χ0v) is 20.1. The van der Waals surface area contributed by atoms with Crippen LogP contribution < -0.4 is 20.1 Å². The largest absolute Gasteiger partial charge is 0.437 e. The molecule has 2 aromatic heterocycles. The average Bonchev–Trinajstić information content (AvgIpc) is 3.16. The summed E-state index contributed by atoms with van der Waals surface area (Å²) in [7, 11) is -5.29. The Bertz CT molecular complexity index is 1330. The Labute approximate surface area is 206 Å². The quantitative estimate of drug-likeness (QED) is 0.360. The van der Waals surface area contributed by atoms with Crippen LogP contribution in [0.5, 0.6) is 11.6 Å². The highest BCUT2D eigenvalue weighted by Gasteiger charge is 2.27. The molecule has 1 fully saturated rings. The number of piperidine rings is 1. The number of nitrogens with one attached hydrogen (secondary N) is 3. The first-order chi connectivity index (χ1) is 17.0. The molecule has 0 bridgehead atoms. The van der Waals surface area contributed by atoms with Crippen LogP contribution in [0.4, 0.5) is 33.6 Å². The topological polar surface area (TPSA) is 118 Å². The van der Waals surface area contributed by atoms with Gasteiger partial charge in [0.25, 0.3) is 10.0 Å². The minimum Gasteiger partial charge on any atom is -0.437 e. The maximum atomic E-state index is 14.4. The van der Waals surface area contributed by atoms with Crippen molar-refractivity contribution in [2.24, 2.45) is 0 Å². The first-order valence-corrected chi connectivity index (χ1v) is 12.8. The van der Waals surface area contributed by atoms with Gasteiger partial charge in [-0.2, -0.15) is 8.78 Å². The van der Waals surface area contributed by atoms with Crippen LogP contribution in [0.3, 0.4) is 0 Å². The summed E-state index contributed by atoms with van der Waals surface area (Å²) in [4.78, 5) is 13.1. The lowest BCUT2D eigenvalue weighted by Crippen LogP contribution is -2.44. The monoisotopic (exact) mass is 550 g/mol. The van der Waals surface area contributed by atoms with Crippen molar-refractivity contribution in [1.29, 1.82) is 0 Å². The number of hydrogen-bond acceptors (Lipinski definition) is 9. The number of sulfonamides is 1. The number of thiazole rings is 1. The number of nitrogens with zero attached hydrogens (tertiary/aromatic N) is 3. The molecule has 1 aliphatic rings. The van der Waals surface area contributed by atoms with Crippen LogP contribution in [0.25, 0.3) is 10.6 Å². The minimum absolute atomic E-state index is 0.0509. The maximum Gasteiger partial charge on any atom is 0.355 e. The predicted molar refractivity (Wildman–Crippen MR) is 123 cm³/mol. The van der Waals surface area contributed by atoms with Gasteiger partial charge < -0.3 is 15.4 Å². The molecule has 0 amide bonds. The number of halogens is 5. The van der Waals surface area contributed by atoms with E-state index in [0.717, 1.165) is 0 Å². The van der Waals surface area contributed by atoms with Gasteiger partial charge in [-0.1, -0.05) is 0 Å². The summed E-state index contributed by atoms with van der Waals surface area (Å²) in [6.07, 6.45) is 0.756. The highest BCUT2D eigenvalue weighted by molar-refractivity contribution is 7.93. The predicted octanol–water partition coefficient (Wildman–Crippen LogP) is 4.06. The highest BCUT2D eigenvalue weighted by atomic mass is 32.2. The molecule has 0 saturated carbocycles. The summed E-state index contributed by atoms with van der Waals surface area (Å²) < 4.78 is 96.8. The molecule has 3 aromatic rings. The molecule has 16 heteroatoms. The summed E-state index contributed by atoms with van der Waals surface area (Å²) >= 11 is 1.18. The lowest BCUT2D eigenvalue weighted by molar-refractivity contribution is 0.236. The van der Waals surface area contributed by atoms with E-state index in [0.29, 0.717) is 34.3 Å². The fraction of sp³-hybridized carbons (Fsp3) is 0.350. The van der Waals surface area contributed by atoms with Crippen molar-refractivity contribution in [2.75, 3.05) is 23.1 Å². The maximum absolute atomic E-state index is 14.4. The SMILES string of the molecule is Cc1nc(Oc2cc(F)c(NS(=O)(=O)C(F)F)c(F)c2)c(-c2ccnc(N[C@@H]3CNC[C@@H](F)C3)n2)s1. The van der Waals surface area contributed by atoms with Crippen LogP contribution in [0.1, 0.15) is 11.4 Å². The molecule has 1 saturated heterocycles. The van der Waals surface area contributed by atoms with E-state index in [4.69, 9.17) is 4.74 Å². The normalized spacial score (nSPS) is 18.3. The Morgan fingerprint density at radius 3 is 2.58 bits per heavy atom. The lowest BCUT2D eigenvalue weighted by atomic mass is 10.1. The fourth-order valence-electron chi connectivity index (χ4n) is 3.38. The molecule has 3 N–H and O–H groups in total. The lowest BCUT2D eigenvalue weighted by Gasteiger charge is -2.26. The number of ether oxygens (including phenoxy) is 1. The third-order valence-electron chi connectivity index (χ3n) is 4.93. The van der Waals surface area contributed by atoms with Crippen LogP contribution in [0.2, 0.25) is 0 Å². The van der Waals surface area contributed by atoms with Gasteiger partial charge in [-0.25, -0.2) is 36.5 Å². The van der Waals surface area contributed by atoms with Crippen molar-refractivity contribution >= 4 is 33.0 Å². The van der Waals surface area contributed by atoms with Crippen LogP contribution >= 0.6 is 11.3 Å². The third-order valence-corrected chi connectivity index (χ3v) is 6.86. The molecule has 1 aromatic carbocycles. The van der Waals surface area contributed by atoms with Crippen LogP contribution in [0.15, 0.2) is 24.4 Å². The third kappa shape index (κ3) is 5.99. The molecule has 3 heterocycles. The van der Waals surface area contributed by atoms with Gasteiger partial charge in [0.1, 0.15) is 22.5 Å². The minimum atomic E-state index is -5.29. The molecule has 36 heavy (non-hydrogen) atoms. The van der Waals surface area contributed by atoms with Gasteiger partial charge >= 0.3 is 5.76 Å². The van der Waals surface area contributed by atoms with E-state index in [1.807, 2.05) is 0 Å². The standard InChI is InChI=1S/C20H19F5N6O3S2/c1-9-28-18(34-12-5-13(22)16(14(23)6-12)31-36(32,33)19(24)25)17(35-9)15-2-3-27-20(30-15)29-11-4-10(21)7-26-8-11/h2-3,5-6,10-11,19,26,31H,4,7-8H2,1H3,(H,27,29,30)/t10-,11-/m0/s1. The van der Waals surface area contributed by atoms with E-state index >= 15 is 0 Å². The van der Waals surface area contributed by atoms with Crippen molar-refractivity contribution in [3.8, 4) is 22.2 Å². The van der Waals surface area contributed by atoms with Gasteiger partial charge in [0.05, 0.1) is 10.7 Å². The Hall–Kier alpha value is -3.11. The highest BCUT2D eigenvalue weighted by Crippen LogP contribution is 2.38. The first-order valence-electron chi connectivity index (χ1n) is 10.4. The van der Waals surface area contributed by atoms with E-state index in [2.05, 4.69) is 25.6 Å². The molecule has 4 rings (SSSR count). The number of aryl methyl sites for hydroxylation is 1. The summed E-state index contributed by atoms with van der Waals surface area (Å²) in [5.41, 5.74) is -0.896. The molecule has 194 valence electrons. The Morgan fingerprint density at radius 1 is 1.19 bits per heavy atom. The number of rotatable bonds is 8. The summed E-state index contributed by atoms with van der Waals surface area (Å²) in [5.74, 6) is -7.03. The summed E-state index contributed by atoms with van der Waals surface area (Å²) in [6, 6.07) is 2.59. The Balaban J connectivity index is 1.57. The van der Waals surface area contributed by atoms with Crippen molar-refractivity contribution in [3.05, 3.63) is 41.0 Å². The second kappa shape index (κ2) is 10.5. The Kier molecular flexibility index (Phi) is 7.56. The molecule has 1 aliphatic heterocycles. The van der Waals surface area contributed by atoms with Gasteiger partial charge in [-0.15, -0.1) is 11.3 Å². The molecular weight excluding hydrogens is 531 g/mol. The van der Waals surface area contributed by atoms with Crippen molar-refractivity contribution in [2.45, 2.75) is 31.3 Å². The van der Waals surface area contributed by atoms with E-state index < -0.39 is 45.0 Å². The molecule has 9 nitrogen and oxygen atoms in total. The smallest absolute Gasteiger partial charge is 0.355 e. The zero-order valence-electron chi connectivity index (χ0n) is 18.4. The molecule has 2 atom stereocenters. The van der Waals surface area contributed by atoms with Crippen LogP contribution in [-0.4, -0.2) is 54.4 Å². The summed E-state index contributed by atoms with van der Waals surface area (Å²) in [5, 5.41) is 6.55. The molecule has 0 unspecified atom stereocenters. The van der Waals surface area contributed by atoms with E-state index in [1.165, 1.54) is 22.3 Å². The van der Waals surface area contributed by atoms with Crippen molar-refractivity contribution < 1.29 is 35.1 Å². The molecule has 0 radical (unpaired) electrons. The number of benzene rings is 1. The summed E-state index contributed by atoms with van der Waals surface area (Å²) in [6.45, 7) is 2.47. The van der Waals surface area contributed by atoms with Crippen molar-refractivity contribution in [3.63, 3.8) is 0 Å². The zero-order chi connectivity index (χ0) is 26.0. The molecule has 0 spiro atoms. The van der Waals surface area contributed by atoms with Gasteiger partial charge in [0.15, 0.2) is 11.6 Å². The van der Waals surface area contributed by atoms with Crippen LogP contribution in [0, 0.1) is 18.6 Å². The fourth-order valence-corrected chi connectivity index (χ4v) is 4.77. The van der Waals surface area contributed by atoms with Gasteiger partial charge in [-0.3, -0.25) is 4.72 Å². The second-order valence-corrected chi connectivity index (χ2v) is 10.6. The molecular formula is C20H19F5N6O3S2. The van der Waals surface area contributed by atoms with Crippen LogP contribution in [-0.2, 0) is 10.0 Å². The second-order valence-electron chi connectivity index (χ2n) is 7.74. The van der Waals surface area contributed by atoms with Gasteiger partial charge in [-0.05, 0) is 13.0 Å². The van der Waals surface area contributed by atoms with Gasteiger partial charge in [0.2, 0.25) is 11.8 Å². The first kappa shape index (κ1) is 26.0. The van der Waals surface area contributed by atoms with Crippen molar-refractivity contribution in [1.82, 2.24) is 20.3 Å². The van der Waals surface area contributed by atoms with E-state index in [9.17, 15) is 30.4 Å². The van der Waals surface area contributed by atoms with Gasteiger partial charge in [0, 0.05) is 43.9 Å². The average molecular weight is 551 g/mol.